The van der Waals surface area contributed by atoms with E-state index in [0.717, 1.165) is 31.6 Å². The molecule has 2 rings (SSSR count). The molecule has 18 heavy (non-hydrogen) atoms. The molecule has 0 radical (unpaired) electrons. The zero-order valence-electron chi connectivity index (χ0n) is 11.3. The number of carbonyl (C=O) groups excluding carboxylic acids is 1. The molecule has 1 saturated carbocycles. The van der Waals surface area contributed by atoms with Crippen LogP contribution in [0, 0.1) is 0 Å². The van der Waals surface area contributed by atoms with E-state index in [4.69, 9.17) is 4.74 Å². The third kappa shape index (κ3) is 2.90. The van der Waals surface area contributed by atoms with Crippen LogP contribution in [0.3, 0.4) is 0 Å². The molecule has 0 aromatic carbocycles. The second-order valence-corrected chi connectivity index (χ2v) is 4.96. The lowest BCUT2D eigenvalue weighted by molar-refractivity contribution is 0.0525. The van der Waals surface area contributed by atoms with Crippen molar-refractivity contribution in [3.63, 3.8) is 0 Å². The Balaban J connectivity index is 2.17. The molecule has 5 nitrogen and oxygen atoms in total. The summed E-state index contributed by atoms with van der Waals surface area (Å²) in [5, 5.41) is 4.34. The molecule has 0 N–H and O–H groups in total. The van der Waals surface area contributed by atoms with Gasteiger partial charge in [0, 0.05) is 12.5 Å². The van der Waals surface area contributed by atoms with Gasteiger partial charge in [-0.1, -0.05) is 0 Å². The molecule has 0 spiro atoms. The Morgan fingerprint density at radius 1 is 1.56 bits per heavy atom. The minimum atomic E-state index is -0.240. The van der Waals surface area contributed by atoms with Gasteiger partial charge in [0.05, 0.1) is 25.0 Å². The summed E-state index contributed by atoms with van der Waals surface area (Å²) in [5.74, 6) is 0.254. The maximum Gasteiger partial charge on any atom is 0.341 e. The molecule has 1 aliphatic rings. The van der Waals surface area contributed by atoms with Crippen molar-refractivity contribution in [3.05, 3.63) is 17.5 Å². The van der Waals surface area contributed by atoms with Crippen LogP contribution in [-0.2, 0) is 11.3 Å². The molecule has 1 aliphatic carbocycles. The van der Waals surface area contributed by atoms with Gasteiger partial charge in [-0.3, -0.25) is 4.68 Å². The van der Waals surface area contributed by atoms with Crippen molar-refractivity contribution >= 4 is 5.97 Å². The Morgan fingerprint density at radius 2 is 2.28 bits per heavy atom. The maximum atomic E-state index is 11.9. The highest BCUT2D eigenvalue weighted by Gasteiger charge is 2.32. The van der Waals surface area contributed by atoms with Crippen molar-refractivity contribution in [2.45, 2.75) is 32.2 Å². The van der Waals surface area contributed by atoms with E-state index in [-0.39, 0.29) is 5.97 Å². The Labute approximate surface area is 108 Å². The number of hydrogen-bond acceptors (Lipinski definition) is 4. The number of ether oxygens (including phenoxy) is 1. The van der Waals surface area contributed by atoms with Crippen molar-refractivity contribution in [2.24, 2.45) is 0 Å². The summed E-state index contributed by atoms with van der Waals surface area (Å²) in [5.41, 5.74) is 1.72. The molecule has 1 aromatic heterocycles. The Bertz CT molecular complexity index is 422. The van der Waals surface area contributed by atoms with Crippen LogP contribution < -0.4 is 0 Å². The summed E-state index contributed by atoms with van der Waals surface area (Å²) in [6, 6.07) is 0. The molecular formula is C13H21N3O2. The van der Waals surface area contributed by atoms with Gasteiger partial charge in [-0.05, 0) is 33.9 Å². The Hall–Kier alpha value is -1.36. The van der Waals surface area contributed by atoms with E-state index in [1.54, 1.807) is 6.20 Å². The highest BCUT2D eigenvalue weighted by molar-refractivity contribution is 5.90. The van der Waals surface area contributed by atoms with E-state index in [9.17, 15) is 4.79 Å². The van der Waals surface area contributed by atoms with Gasteiger partial charge in [0.25, 0.3) is 0 Å². The van der Waals surface area contributed by atoms with Crippen LogP contribution in [0.4, 0.5) is 0 Å². The lowest BCUT2D eigenvalue weighted by atomic mass is 10.2. The first-order chi connectivity index (χ1) is 8.63. The fourth-order valence-electron chi connectivity index (χ4n) is 2.02. The van der Waals surface area contributed by atoms with Crippen LogP contribution >= 0.6 is 0 Å². The number of nitrogens with zero attached hydrogens (tertiary/aromatic N) is 3. The molecule has 0 aliphatic heterocycles. The van der Waals surface area contributed by atoms with Crippen molar-refractivity contribution in [1.29, 1.82) is 0 Å². The number of esters is 1. The molecule has 1 fully saturated rings. The Morgan fingerprint density at radius 3 is 2.83 bits per heavy atom. The second kappa shape index (κ2) is 5.52. The van der Waals surface area contributed by atoms with Crippen molar-refractivity contribution < 1.29 is 9.53 Å². The number of rotatable bonds is 6. The lowest BCUT2D eigenvalue weighted by Gasteiger charge is -2.12. The van der Waals surface area contributed by atoms with Gasteiger partial charge in [-0.25, -0.2) is 4.79 Å². The zero-order chi connectivity index (χ0) is 13.1. The quantitative estimate of drug-likeness (QED) is 0.719. The highest BCUT2D eigenvalue weighted by atomic mass is 16.5. The molecule has 1 aromatic rings. The SMILES string of the molecule is CCOC(=O)c1cnn(CCN(C)C)c1C1CC1. The van der Waals surface area contributed by atoms with Gasteiger partial charge in [0.1, 0.15) is 5.56 Å². The predicted octanol–water partition coefficient (Wildman–Crippen LogP) is 1.50. The van der Waals surface area contributed by atoms with Gasteiger partial charge in [0.15, 0.2) is 0 Å². The average molecular weight is 251 g/mol. The normalized spacial score (nSPS) is 15.1. The molecule has 100 valence electrons. The van der Waals surface area contributed by atoms with Gasteiger partial charge >= 0.3 is 5.97 Å². The molecule has 0 amide bonds. The number of hydrogen-bond donors (Lipinski definition) is 0. The first-order valence-electron chi connectivity index (χ1n) is 6.51. The van der Waals surface area contributed by atoms with E-state index in [2.05, 4.69) is 10.00 Å². The lowest BCUT2D eigenvalue weighted by Crippen LogP contribution is -2.20. The van der Waals surface area contributed by atoms with Crippen molar-refractivity contribution in [1.82, 2.24) is 14.7 Å². The molecular weight excluding hydrogens is 230 g/mol. The number of carbonyl (C=O) groups is 1. The van der Waals surface area contributed by atoms with E-state index >= 15 is 0 Å². The monoisotopic (exact) mass is 251 g/mol. The molecule has 5 heteroatoms. The highest BCUT2D eigenvalue weighted by Crippen LogP contribution is 2.41. The van der Waals surface area contributed by atoms with E-state index in [1.807, 2.05) is 25.7 Å². The third-order valence-corrected chi connectivity index (χ3v) is 3.10. The largest absolute Gasteiger partial charge is 0.462 e. The molecule has 0 unspecified atom stereocenters. The van der Waals surface area contributed by atoms with E-state index in [0.29, 0.717) is 18.1 Å². The maximum absolute atomic E-state index is 11.9. The second-order valence-electron chi connectivity index (χ2n) is 4.96. The fraction of sp³-hybridized carbons (Fsp3) is 0.692. The minimum absolute atomic E-state index is 0.240. The van der Waals surface area contributed by atoms with Crippen LogP contribution in [0.5, 0.6) is 0 Å². The van der Waals surface area contributed by atoms with Gasteiger partial charge in [0.2, 0.25) is 0 Å². The summed E-state index contributed by atoms with van der Waals surface area (Å²) in [4.78, 5) is 14.0. The summed E-state index contributed by atoms with van der Waals surface area (Å²) in [7, 11) is 4.07. The number of likely N-dealkylation sites (N-methyl/N-ethyl adjacent to an activating group) is 1. The molecule has 0 saturated heterocycles. The average Bonchev–Trinajstić information content (AvgIpc) is 3.06. The predicted molar refractivity (Wildman–Crippen MR) is 68.7 cm³/mol. The van der Waals surface area contributed by atoms with E-state index < -0.39 is 0 Å². The van der Waals surface area contributed by atoms with Gasteiger partial charge < -0.3 is 9.64 Å². The van der Waals surface area contributed by atoms with Crippen LogP contribution in [-0.4, -0.2) is 47.9 Å². The first kappa shape index (κ1) is 13.1. The van der Waals surface area contributed by atoms with Crippen molar-refractivity contribution in [2.75, 3.05) is 27.2 Å². The number of aromatic nitrogens is 2. The molecule has 1 heterocycles. The molecule has 0 bridgehead atoms. The summed E-state index contributed by atoms with van der Waals surface area (Å²) in [6.45, 7) is 3.97. The smallest absolute Gasteiger partial charge is 0.341 e. The summed E-state index contributed by atoms with van der Waals surface area (Å²) in [6.07, 6.45) is 3.96. The fourth-order valence-corrected chi connectivity index (χ4v) is 2.02. The van der Waals surface area contributed by atoms with Crippen LogP contribution in [0.2, 0.25) is 0 Å². The summed E-state index contributed by atoms with van der Waals surface area (Å²) < 4.78 is 7.04. The minimum Gasteiger partial charge on any atom is -0.462 e. The van der Waals surface area contributed by atoms with Gasteiger partial charge in [-0.2, -0.15) is 5.10 Å². The molecule has 0 atom stereocenters. The zero-order valence-corrected chi connectivity index (χ0v) is 11.3. The first-order valence-corrected chi connectivity index (χ1v) is 6.51. The van der Waals surface area contributed by atoms with Crippen LogP contribution in [0.15, 0.2) is 6.20 Å². The van der Waals surface area contributed by atoms with Crippen molar-refractivity contribution in [3.8, 4) is 0 Å². The van der Waals surface area contributed by atoms with Gasteiger partial charge in [-0.15, -0.1) is 0 Å². The van der Waals surface area contributed by atoms with Crippen LogP contribution in [0.1, 0.15) is 41.7 Å². The topological polar surface area (TPSA) is 47.4 Å². The third-order valence-electron chi connectivity index (χ3n) is 3.10. The summed E-state index contributed by atoms with van der Waals surface area (Å²) >= 11 is 0. The van der Waals surface area contributed by atoms with E-state index in [1.165, 1.54) is 0 Å². The van der Waals surface area contributed by atoms with Crippen LogP contribution in [0.25, 0.3) is 0 Å². The standard InChI is InChI=1S/C13H21N3O2/c1-4-18-13(17)11-9-14-16(8-7-15(2)3)12(11)10-5-6-10/h9-10H,4-8H2,1-3H3. The Kier molecular flexibility index (Phi) is 4.01.